The molecule has 79 heavy (non-hydrogen) atoms. The smallest absolute Gasteiger partial charge is 0.329 e. The number of esters is 2. The zero-order valence-corrected chi connectivity index (χ0v) is 48.7. The number of Topliss-reactive ketones (excluding diaryl/α,β-unsaturated/α-hetero) is 2. The van der Waals surface area contributed by atoms with E-state index in [9.17, 15) is 57.8 Å². The fourth-order valence-corrected chi connectivity index (χ4v) is 10.5. The molecule has 12 atom stereocenters. The highest BCUT2D eigenvalue weighted by Gasteiger charge is 2.46. The lowest BCUT2D eigenvalue weighted by Crippen LogP contribution is -2.62. The number of methoxy groups -OCH3 is 1. The SMILES string of the molecule is CCC(C)[C@H]1NC(=O)[C@@H](NC(=O)C(CC(C)C)N(C)C(=O)[C@@H]2CCCN2C(=O)C(C)=O)[C@@H](C)OC(=O)[C@H](Cc2ccc(OC)cc2)N(C)C(=O)[C@@H]2CCCN2C(=O)[C@H](CC(C)C)NC(=O)[C@@H](C)C(=O)[C@H](C(C)C)OC(=O)C[C@@H]1O. The molecule has 0 spiro atoms. The van der Waals surface area contributed by atoms with Gasteiger partial charge in [0.05, 0.1) is 31.6 Å². The Kier molecular flexibility index (Phi) is 24.0. The second-order valence-corrected chi connectivity index (χ2v) is 22.8. The lowest BCUT2D eigenvalue weighted by atomic mass is 9.91. The molecule has 4 N–H and O–H groups in total. The van der Waals surface area contributed by atoms with Crippen LogP contribution in [0.2, 0.25) is 0 Å². The summed E-state index contributed by atoms with van der Waals surface area (Å²) in [6, 6.07) is -2.32. The molecule has 0 radical (unpaired) electrons. The van der Waals surface area contributed by atoms with E-state index in [-0.39, 0.29) is 57.0 Å². The largest absolute Gasteiger partial charge is 0.497 e. The number of ketones is 2. The number of likely N-dealkylation sites (N-methyl/N-ethyl adjacent to an activating group) is 2. The maximum Gasteiger partial charge on any atom is 0.329 e. The van der Waals surface area contributed by atoms with Crippen LogP contribution in [0.25, 0.3) is 0 Å². The summed E-state index contributed by atoms with van der Waals surface area (Å²) < 4.78 is 17.2. The Morgan fingerprint density at radius 3 is 2.06 bits per heavy atom. The highest BCUT2D eigenvalue weighted by atomic mass is 16.6. The maximum atomic E-state index is 15.0. The van der Waals surface area contributed by atoms with Gasteiger partial charge in [-0.05, 0) is 93.7 Å². The molecule has 3 fully saturated rings. The molecule has 0 aromatic heterocycles. The molecule has 0 aliphatic carbocycles. The third-order valence-corrected chi connectivity index (χ3v) is 15.4. The number of aliphatic hydroxyl groups excluding tert-OH is 1. The van der Waals surface area contributed by atoms with Crippen LogP contribution in [0.5, 0.6) is 5.75 Å². The van der Waals surface area contributed by atoms with Crippen LogP contribution in [-0.2, 0) is 68.6 Å². The predicted octanol–water partition coefficient (Wildman–Crippen LogP) is 2.52. The summed E-state index contributed by atoms with van der Waals surface area (Å²) in [5.74, 6) is -11.3. The Morgan fingerprint density at radius 2 is 1.49 bits per heavy atom. The molecule has 3 saturated heterocycles. The van der Waals surface area contributed by atoms with Crippen molar-refractivity contribution in [1.82, 2.24) is 35.6 Å². The van der Waals surface area contributed by atoms with E-state index in [1.165, 1.54) is 54.7 Å². The number of rotatable bonds is 15. The summed E-state index contributed by atoms with van der Waals surface area (Å²) in [4.78, 5) is 160. The number of fused-ring (bicyclic) bond motifs is 1. The molecule has 3 aliphatic heterocycles. The molecule has 0 saturated carbocycles. The van der Waals surface area contributed by atoms with Gasteiger partial charge in [0.1, 0.15) is 48.1 Å². The Labute approximate surface area is 465 Å². The minimum Gasteiger partial charge on any atom is -0.497 e. The average Bonchev–Trinajstić information content (AvgIpc) is 4.13. The summed E-state index contributed by atoms with van der Waals surface area (Å²) in [6.07, 6.45) is -3.76. The van der Waals surface area contributed by atoms with Crippen LogP contribution >= 0.6 is 0 Å². The highest BCUT2D eigenvalue weighted by Crippen LogP contribution is 2.27. The van der Waals surface area contributed by atoms with Crippen LogP contribution < -0.4 is 20.7 Å². The van der Waals surface area contributed by atoms with Crippen molar-refractivity contribution in [2.75, 3.05) is 34.3 Å². The zero-order valence-electron chi connectivity index (χ0n) is 48.7. The van der Waals surface area contributed by atoms with Gasteiger partial charge in [0.2, 0.25) is 41.2 Å². The van der Waals surface area contributed by atoms with Gasteiger partial charge in [-0.25, -0.2) is 4.79 Å². The van der Waals surface area contributed by atoms with Crippen LogP contribution in [0, 0.1) is 29.6 Å². The lowest BCUT2D eigenvalue weighted by Gasteiger charge is -2.36. The number of cyclic esters (lactones) is 2. The van der Waals surface area contributed by atoms with Gasteiger partial charge in [-0.1, -0.05) is 73.9 Å². The van der Waals surface area contributed by atoms with E-state index < -0.39 is 150 Å². The Balaban J connectivity index is 1.89. The monoisotopic (exact) mass is 1110 g/mol. The van der Waals surface area contributed by atoms with Crippen molar-refractivity contribution in [3.8, 4) is 5.75 Å². The van der Waals surface area contributed by atoms with Gasteiger partial charge in [-0.2, -0.15) is 0 Å². The van der Waals surface area contributed by atoms with Crippen molar-refractivity contribution >= 4 is 64.9 Å². The fourth-order valence-electron chi connectivity index (χ4n) is 10.5. The number of nitrogens with zero attached hydrogens (tertiary/aromatic N) is 4. The van der Waals surface area contributed by atoms with E-state index >= 15 is 0 Å². The topological polar surface area (TPSA) is 285 Å². The van der Waals surface area contributed by atoms with Gasteiger partial charge < -0.3 is 54.9 Å². The minimum atomic E-state index is -1.78. The molecule has 2 unspecified atom stereocenters. The van der Waals surface area contributed by atoms with Gasteiger partial charge >= 0.3 is 11.9 Å². The summed E-state index contributed by atoms with van der Waals surface area (Å²) in [7, 11) is 4.26. The molecule has 1 aromatic carbocycles. The maximum absolute atomic E-state index is 15.0. The number of aliphatic hydroxyl groups is 1. The van der Waals surface area contributed by atoms with Crippen molar-refractivity contribution in [3.63, 3.8) is 0 Å². The number of carbonyl (C=O) groups is 11. The first kappa shape index (κ1) is 65.1. The van der Waals surface area contributed by atoms with Gasteiger partial charge in [0, 0.05) is 40.5 Å². The predicted molar refractivity (Wildman–Crippen MR) is 289 cm³/mol. The molecule has 22 heteroatoms. The van der Waals surface area contributed by atoms with Crippen LogP contribution in [0.3, 0.4) is 0 Å². The van der Waals surface area contributed by atoms with Gasteiger partial charge in [-0.3, -0.25) is 47.9 Å². The molecule has 1 aromatic rings. The second kappa shape index (κ2) is 29.1. The fraction of sp³-hybridized carbons (Fsp3) is 0.702. The van der Waals surface area contributed by atoms with Crippen LogP contribution in [0.1, 0.15) is 133 Å². The van der Waals surface area contributed by atoms with Crippen LogP contribution in [0.4, 0.5) is 0 Å². The van der Waals surface area contributed by atoms with Gasteiger partial charge in [0.25, 0.3) is 5.91 Å². The average molecular weight is 1110 g/mol. The summed E-state index contributed by atoms with van der Waals surface area (Å²) in [5, 5.41) is 20.1. The van der Waals surface area contributed by atoms with Crippen molar-refractivity contribution in [2.45, 2.75) is 195 Å². The van der Waals surface area contributed by atoms with E-state index in [4.69, 9.17) is 14.2 Å². The summed E-state index contributed by atoms with van der Waals surface area (Å²) >= 11 is 0. The second-order valence-electron chi connectivity index (χ2n) is 22.8. The lowest BCUT2D eigenvalue weighted by molar-refractivity contribution is -0.163. The van der Waals surface area contributed by atoms with Crippen molar-refractivity contribution in [1.29, 1.82) is 0 Å². The number of hydrogen-bond donors (Lipinski definition) is 4. The van der Waals surface area contributed by atoms with Gasteiger partial charge in [0.15, 0.2) is 11.9 Å². The summed E-state index contributed by atoms with van der Waals surface area (Å²) in [6.45, 7) is 18.1. The highest BCUT2D eigenvalue weighted by molar-refractivity contribution is 6.35. The summed E-state index contributed by atoms with van der Waals surface area (Å²) in [5.41, 5.74) is 0.566. The molecule has 3 heterocycles. The van der Waals surface area contributed by atoms with E-state index in [2.05, 4.69) is 16.0 Å². The Bertz CT molecular complexity index is 2380. The van der Waals surface area contributed by atoms with E-state index in [1.54, 1.807) is 52.0 Å². The molecule has 0 bridgehead atoms. The number of likely N-dealkylation sites (tertiary alicyclic amines) is 1. The molecular formula is C57H87N7O15. The quantitative estimate of drug-likeness (QED) is 0.112. The van der Waals surface area contributed by atoms with Crippen LogP contribution in [-0.4, -0.2) is 184 Å². The normalized spacial score (nSPS) is 27.2. The minimum absolute atomic E-state index is 0.0545. The Hall–Kier alpha value is -6.45. The third-order valence-electron chi connectivity index (χ3n) is 15.4. The first-order chi connectivity index (χ1) is 37.0. The van der Waals surface area contributed by atoms with Crippen LogP contribution in [0.15, 0.2) is 24.3 Å². The zero-order chi connectivity index (χ0) is 59.3. The molecule has 7 amide bonds. The number of carbonyl (C=O) groups excluding carboxylic acids is 11. The number of amides is 7. The number of benzene rings is 1. The van der Waals surface area contributed by atoms with Crippen molar-refractivity contribution < 1.29 is 72.1 Å². The molecule has 22 nitrogen and oxygen atoms in total. The molecule has 440 valence electrons. The molecule has 4 rings (SSSR count). The number of nitrogens with one attached hydrogen (secondary N) is 3. The number of ether oxygens (including phenoxy) is 3. The van der Waals surface area contributed by atoms with Gasteiger partial charge in [-0.15, -0.1) is 0 Å². The Morgan fingerprint density at radius 1 is 0.861 bits per heavy atom. The molecule has 3 aliphatic rings. The van der Waals surface area contributed by atoms with Crippen molar-refractivity contribution in [2.24, 2.45) is 29.6 Å². The number of hydrogen-bond acceptors (Lipinski definition) is 15. The van der Waals surface area contributed by atoms with E-state index in [1.807, 2.05) is 27.7 Å². The first-order valence-electron chi connectivity index (χ1n) is 27.9. The van der Waals surface area contributed by atoms with E-state index in [0.717, 1.165) is 6.92 Å². The molecular weight excluding hydrogens is 1020 g/mol. The van der Waals surface area contributed by atoms with E-state index in [0.29, 0.717) is 30.6 Å². The standard InChI is InChI=1S/C57H87N7O15/c1-15-33(8)46-44(66)29-45(67)79-49(32(6)7)48(68)34(9)50(69)58-39(26-30(2)3)54(73)64-25-17-19-41(64)56(75)62(13)43(28-37-20-22-38(77-14)23-21-37)57(76)78-36(11)47(52(71)59-46)60-51(70)42(27-31(4)5)61(12)55(74)40-18-16-24-63(40)53(72)35(10)65/h20-23,30-34,36,39-44,46-47,49,66H,15-19,24-29H2,1-14H3,(H,58,69)(H,59,71)(H,60,70)/t33?,34-,36+,39-,40-,41-,42?,43-,44-,46+,47-,49-/m0/s1. The third kappa shape index (κ3) is 16.8. The first-order valence-corrected chi connectivity index (χ1v) is 27.9. The van der Waals surface area contributed by atoms with Crippen molar-refractivity contribution in [3.05, 3.63) is 29.8 Å².